The molecule has 0 bridgehead atoms. The summed E-state index contributed by atoms with van der Waals surface area (Å²) >= 11 is 0. The van der Waals surface area contributed by atoms with Crippen molar-refractivity contribution in [1.82, 2.24) is 5.01 Å². The Morgan fingerprint density at radius 1 is 1.33 bits per heavy atom. The summed E-state index contributed by atoms with van der Waals surface area (Å²) in [4.78, 5) is 12.5. The lowest BCUT2D eigenvalue weighted by atomic mass is 9.90. The molecule has 0 saturated heterocycles. The number of nitrogens with zero attached hydrogens (tertiary/aromatic N) is 2. The minimum Gasteiger partial charge on any atom is -0.330 e. The second kappa shape index (κ2) is 5.83. The van der Waals surface area contributed by atoms with Crippen molar-refractivity contribution in [2.24, 2.45) is 22.7 Å². The molecule has 2 N–H and O–H groups in total. The molecule has 0 aromatic rings. The molecule has 2 rings (SSSR count). The van der Waals surface area contributed by atoms with Crippen molar-refractivity contribution in [3.8, 4) is 0 Å². The molecule has 0 aromatic carbocycles. The van der Waals surface area contributed by atoms with E-state index in [0.29, 0.717) is 18.5 Å². The zero-order valence-electron chi connectivity index (χ0n) is 11.6. The molecule has 1 saturated carbocycles. The minimum atomic E-state index is -0.0584. The molecular formula is C14H25N3O. The van der Waals surface area contributed by atoms with Gasteiger partial charge in [0.15, 0.2) is 0 Å². The van der Waals surface area contributed by atoms with Gasteiger partial charge in [-0.3, -0.25) is 4.79 Å². The van der Waals surface area contributed by atoms with Crippen LogP contribution in [0.25, 0.3) is 0 Å². The molecule has 1 atom stereocenters. The van der Waals surface area contributed by atoms with Gasteiger partial charge in [-0.2, -0.15) is 5.10 Å². The molecule has 0 aromatic heterocycles. The van der Waals surface area contributed by atoms with Crippen molar-refractivity contribution in [2.45, 2.75) is 58.4 Å². The number of amides is 1. The van der Waals surface area contributed by atoms with Gasteiger partial charge in [0, 0.05) is 0 Å². The minimum absolute atomic E-state index is 0.0584. The summed E-state index contributed by atoms with van der Waals surface area (Å²) in [5.74, 6) is 0.465. The second-order valence-electron chi connectivity index (χ2n) is 5.78. The van der Waals surface area contributed by atoms with Crippen LogP contribution in [0.15, 0.2) is 5.10 Å². The fourth-order valence-corrected chi connectivity index (χ4v) is 3.07. The summed E-state index contributed by atoms with van der Waals surface area (Å²) in [7, 11) is 0. The van der Waals surface area contributed by atoms with Crippen LogP contribution >= 0.6 is 0 Å². The zero-order valence-corrected chi connectivity index (χ0v) is 11.6. The molecule has 1 aliphatic carbocycles. The maximum atomic E-state index is 12.5. The van der Waals surface area contributed by atoms with Gasteiger partial charge < -0.3 is 5.73 Å². The lowest BCUT2D eigenvalue weighted by Crippen LogP contribution is -2.38. The number of hydrogen-bond donors (Lipinski definition) is 1. The number of hydrogen-bond acceptors (Lipinski definition) is 3. The first-order valence-electron chi connectivity index (χ1n) is 7.26. The lowest BCUT2D eigenvalue weighted by Gasteiger charge is -2.28. The third-order valence-electron chi connectivity index (χ3n) is 4.07. The second-order valence-corrected chi connectivity index (χ2v) is 5.78. The van der Waals surface area contributed by atoms with Gasteiger partial charge in [0.05, 0.1) is 17.7 Å². The molecule has 0 spiro atoms. The maximum absolute atomic E-state index is 12.5. The van der Waals surface area contributed by atoms with E-state index in [0.717, 1.165) is 25.0 Å². The molecule has 4 nitrogen and oxygen atoms in total. The third-order valence-corrected chi connectivity index (χ3v) is 4.07. The maximum Gasteiger partial charge on any atom is 0.251 e. The lowest BCUT2D eigenvalue weighted by molar-refractivity contribution is -0.134. The van der Waals surface area contributed by atoms with Crippen molar-refractivity contribution in [2.75, 3.05) is 6.54 Å². The third kappa shape index (κ3) is 2.58. The fraction of sp³-hybridized carbons (Fsp3) is 0.857. The standard InChI is InChI=1S/C14H25N3O/c1-10(2)13-12(8-9-15)14(18)17(16-13)11-6-4-3-5-7-11/h10-12H,3-9,15H2,1-2H3. The molecule has 18 heavy (non-hydrogen) atoms. The summed E-state index contributed by atoms with van der Waals surface area (Å²) < 4.78 is 0. The molecule has 4 heteroatoms. The number of carbonyl (C=O) groups is 1. The first-order chi connectivity index (χ1) is 8.65. The van der Waals surface area contributed by atoms with E-state index < -0.39 is 0 Å². The zero-order chi connectivity index (χ0) is 13.1. The number of nitrogens with two attached hydrogens (primary N) is 1. The van der Waals surface area contributed by atoms with Crippen LogP contribution in [0.5, 0.6) is 0 Å². The van der Waals surface area contributed by atoms with Gasteiger partial charge in [0.2, 0.25) is 0 Å². The average molecular weight is 251 g/mol. The smallest absolute Gasteiger partial charge is 0.251 e. The van der Waals surface area contributed by atoms with Crippen LogP contribution in [0.2, 0.25) is 0 Å². The Morgan fingerprint density at radius 2 is 2.00 bits per heavy atom. The van der Waals surface area contributed by atoms with Crippen molar-refractivity contribution >= 4 is 11.6 Å². The van der Waals surface area contributed by atoms with E-state index in [2.05, 4.69) is 18.9 Å². The monoisotopic (exact) mass is 251 g/mol. The molecule has 102 valence electrons. The van der Waals surface area contributed by atoms with E-state index >= 15 is 0 Å². The normalized spacial score (nSPS) is 26.0. The number of carbonyl (C=O) groups excluding carboxylic acids is 1. The highest BCUT2D eigenvalue weighted by atomic mass is 16.2. The van der Waals surface area contributed by atoms with Crippen molar-refractivity contribution in [3.63, 3.8) is 0 Å². The highest BCUT2D eigenvalue weighted by Gasteiger charge is 2.39. The van der Waals surface area contributed by atoms with Crippen LogP contribution in [0, 0.1) is 11.8 Å². The topological polar surface area (TPSA) is 58.7 Å². The molecule has 2 aliphatic rings. The summed E-state index contributed by atoms with van der Waals surface area (Å²) in [6.45, 7) is 4.78. The van der Waals surface area contributed by atoms with Crippen LogP contribution in [0.4, 0.5) is 0 Å². The summed E-state index contributed by atoms with van der Waals surface area (Å²) in [6, 6.07) is 0.336. The molecule has 1 heterocycles. The fourth-order valence-electron chi connectivity index (χ4n) is 3.07. The van der Waals surface area contributed by atoms with Gasteiger partial charge >= 0.3 is 0 Å². The van der Waals surface area contributed by atoms with E-state index in [1.54, 1.807) is 5.01 Å². The molecular weight excluding hydrogens is 226 g/mol. The summed E-state index contributed by atoms with van der Waals surface area (Å²) in [5.41, 5.74) is 6.67. The number of rotatable bonds is 4. The van der Waals surface area contributed by atoms with Gasteiger partial charge in [-0.15, -0.1) is 0 Å². The SMILES string of the molecule is CC(C)C1=NN(C2CCCCC2)C(=O)C1CCN. The Kier molecular flexibility index (Phi) is 4.38. The van der Waals surface area contributed by atoms with Gasteiger partial charge in [0.25, 0.3) is 5.91 Å². The number of hydrazone groups is 1. The van der Waals surface area contributed by atoms with Crippen molar-refractivity contribution < 1.29 is 4.79 Å². The van der Waals surface area contributed by atoms with E-state index in [4.69, 9.17) is 5.73 Å². The first-order valence-corrected chi connectivity index (χ1v) is 7.26. The molecule has 1 fully saturated rings. The van der Waals surface area contributed by atoms with Crippen molar-refractivity contribution in [3.05, 3.63) is 0 Å². The Hall–Kier alpha value is -0.900. The quantitative estimate of drug-likeness (QED) is 0.832. The predicted molar refractivity (Wildman–Crippen MR) is 73.2 cm³/mol. The molecule has 0 radical (unpaired) electrons. The van der Waals surface area contributed by atoms with Gasteiger partial charge in [-0.05, 0) is 31.7 Å². The molecule has 1 aliphatic heterocycles. The van der Waals surface area contributed by atoms with E-state index in [1.807, 2.05) is 0 Å². The highest BCUT2D eigenvalue weighted by molar-refractivity contribution is 6.08. The molecule has 1 amide bonds. The predicted octanol–water partition coefficient (Wildman–Crippen LogP) is 2.14. The van der Waals surface area contributed by atoms with Crippen LogP contribution in [0.3, 0.4) is 0 Å². The van der Waals surface area contributed by atoms with E-state index in [-0.39, 0.29) is 11.8 Å². The van der Waals surface area contributed by atoms with Gasteiger partial charge in [0.1, 0.15) is 0 Å². The Morgan fingerprint density at radius 3 is 2.56 bits per heavy atom. The average Bonchev–Trinajstić information content (AvgIpc) is 2.69. The van der Waals surface area contributed by atoms with E-state index in [1.165, 1.54) is 19.3 Å². The summed E-state index contributed by atoms with van der Waals surface area (Å²) in [6.07, 6.45) is 6.70. The van der Waals surface area contributed by atoms with Crippen LogP contribution in [-0.2, 0) is 4.79 Å². The Balaban J connectivity index is 2.14. The Labute approximate surface area is 110 Å². The van der Waals surface area contributed by atoms with Crippen molar-refractivity contribution in [1.29, 1.82) is 0 Å². The largest absolute Gasteiger partial charge is 0.330 e. The molecule has 1 unspecified atom stereocenters. The summed E-state index contributed by atoms with van der Waals surface area (Å²) in [5, 5.41) is 6.42. The Bertz CT molecular complexity index is 332. The van der Waals surface area contributed by atoms with Crippen LogP contribution < -0.4 is 5.73 Å². The van der Waals surface area contributed by atoms with Gasteiger partial charge in [-0.25, -0.2) is 5.01 Å². The highest BCUT2D eigenvalue weighted by Crippen LogP contribution is 2.30. The van der Waals surface area contributed by atoms with E-state index in [9.17, 15) is 4.79 Å². The van der Waals surface area contributed by atoms with Crippen LogP contribution in [0.1, 0.15) is 52.4 Å². The van der Waals surface area contributed by atoms with Crippen LogP contribution in [-0.4, -0.2) is 29.2 Å². The first kappa shape index (κ1) is 13.5. The van der Waals surface area contributed by atoms with Gasteiger partial charge in [-0.1, -0.05) is 33.1 Å².